The maximum atomic E-state index is 12.2. The van der Waals surface area contributed by atoms with E-state index in [-0.39, 0.29) is 10.6 Å². The van der Waals surface area contributed by atoms with Crippen LogP contribution in [0.25, 0.3) is 0 Å². The Hall–Kier alpha value is -0.840. The fourth-order valence-electron chi connectivity index (χ4n) is 1.73. The molecular formula is C14H9BrCl2F2O. The molecule has 0 aliphatic rings. The summed E-state index contributed by atoms with van der Waals surface area (Å²) in [4.78, 5) is -0.242. The molecule has 0 saturated heterocycles. The van der Waals surface area contributed by atoms with Crippen molar-refractivity contribution >= 4 is 39.1 Å². The molecule has 6 heteroatoms. The average molecular weight is 382 g/mol. The van der Waals surface area contributed by atoms with Crippen LogP contribution in [0.2, 0.25) is 10.0 Å². The third-order valence-electron chi connectivity index (χ3n) is 2.61. The first-order valence-electron chi connectivity index (χ1n) is 5.61. The minimum absolute atomic E-state index is 0.104. The van der Waals surface area contributed by atoms with Crippen molar-refractivity contribution in [1.82, 2.24) is 0 Å². The zero-order chi connectivity index (χ0) is 14.7. The van der Waals surface area contributed by atoms with Gasteiger partial charge in [-0.1, -0.05) is 57.3 Å². The Kier molecular flexibility index (Phi) is 5.24. The normalized spacial score (nSPS) is 12.5. The van der Waals surface area contributed by atoms with Crippen LogP contribution in [0.1, 0.15) is 16.0 Å². The second kappa shape index (κ2) is 6.74. The first-order valence-corrected chi connectivity index (χ1v) is 7.28. The Morgan fingerprint density at radius 2 is 1.80 bits per heavy atom. The van der Waals surface area contributed by atoms with Crippen LogP contribution < -0.4 is 4.74 Å². The van der Waals surface area contributed by atoms with E-state index in [4.69, 9.17) is 23.2 Å². The van der Waals surface area contributed by atoms with Crippen molar-refractivity contribution < 1.29 is 13.5 Å². The highest BCUT2D eigenvalue weighted by Crippen LogP contribution is 2.37. The van der Waals surface area contributed by atoms with Gasteiger partial charge in [0.15, 0.2) is 0 Å². The molecule has 20 heavy (non-hydrogen) atoms. The second-order valence-corrected chi connectivity index (χ2v) is 5.74. The van der Waals surface area contributed by atoms with E-state index in [0.717, 1.165) is 11.1 Å². The van der Waals surface area contributed by atoms with Gasteiger partial charge in [-0.15, -0.1) is 0 Å². The summed E-state index contributed by atoms with van der Waals surface area (Å²) < 4.78 is 28.8. The zero-order valence-electron chi connectivity index (χ0n) is 9.99. The lowest BCUT2D eigenvalue weighted by atomic mass is 10.0. The van der Waals surface area contributed by atoms with Crippen molar-refractivity contribution in [3.63, 3.8) is 0 Å². The summed E-state index contributed by atoms with van der Waals surface area (Å²) in [7, 11) is 0. The molecule has 1 nitrogen and oxygen atoms in total. The molecule has 0 heterocycles. The van der Waals surface area contributed by atoms with E-state index in [9.17, 15) is 8.78 Å². The summed E-state index contributed by atoms with van der Waals surface area (Å²) >= 11 is 15.5. The minimum Gasteiger partial charge on any atom is -0.435 e. The molecule has 1 atom stereocenters. The van der Waals surface area contributed by atoms with Crippen LogP contribution in [0.15, 0.2) is 42.5 Å². The Morgan fingerprint density at radius 1 is 1.05 bits per heavy atom. The maximum Gasteiger partial charge on any atom is 0.387 e. The molecule has 2 aromatic rings. The van der Waals surface area contributed by atoms with E-state index in [1.807, 2.05) is 0 Å². The van der Waals surface area contributed by atoms with Gasteiger partial charge in [-0.05, 0) is 35.4 Å². The van der Waals surface area contributed by atoms with Gasteiger partial charge in [-0.2, -0.15) is 8.78 Å². The van der Waals surface area contributed by atoms with Crippen LogP contribution in [0.5, 0.6) is 5.75 Å². The van der Waals surface area contributed by atoms with Crippen molar-refractivity contribution in [2.24, 2.45) is 0 Å². The van der Waals surface area contributed by atoms with Gasteiger partial charge in [-0.25, -0.2) is 0 Å². The average Bonchev–Trinajstić information content (AvgIpc) is 2.37. The van der Waals surface area contributed by atoms with Gasteiger partial charge in [0.2, 0.25) is 0 Å². The van der Waals surface area contributed by atoms with E-state index < -0.39 is 6.61 Å². The Morgan fingerprint density at radius 3 is 2.45 bits per heavy atom. The molecule has 0 N–H and O–H groups in total. The van der Waals surface area contributed by atoms with Crippen molar-refractivity contribution in [2.75, 3.05) is 0 Å². The number of ether oxygens (including phenoxy) is 1. The van der Waals surface area contributed by atoms with E-state index in [0.29, 0.717) is 10.0 Å². The highest BCUT2D eigenvalue weighted by atomic mass is 79.9. The Labute approximate surface area is 133 Å². The van der Waals surface area contributed by atoms with Crippen molar-refractivity contribution in [3.8, 4) is 5.75 Å². The minimum atomic E-state index is -2.85. The van der Waals surface area contributed by atoms with Gasteiger partial charge in [0, 0.05) is 10.0 Å². The van der Waals surface area contributed by atoms with Gasteiger partial charge in [0.05, 0.1) is 4.83 Å². The largest absolute Gasteiger partial charge is 0.435 e. The third-order valence-corrected chi connectivity index (χ3v) is 4.20. The summed E-state index contributed by atoms with van der Waals surface area (Å²) in [5.74, 6) is 0.104. The topological polar surface area (TPSA) is 9.23 Å². The van der Waals surface area contributed by atoms with E-state index in [1.165, 1.54) is 12.1 Å². The van der Waals surface area contributed by atoms with Crippen LogP contribution in [0.4, 0.5) is 8.78 Å². The van der Waals surface area contributed by atoms with E-state index in [1.54, 1.807) is 30.3 Å². The molecule has 0 aromatic heterocycles. The lowest BCUT2D eigenvalue weighted by molar-refractivity contribution is -0.0498. The molecule has 0 aliphatic carbocycles. The standard InChI is InChI=1S/C14H9BrCl2F2O/c15-13(11-5-4-9(16)7-12(11)17)8-2-1-3-10(6-8)20-14(18)19/h1-7,13-14H. The summed E-state index contributed by atoms with van der Waals surface area (Å²) in [6, 6.07) is 11.6. The first-order chi connectivity index (χ1) is 9.47. The van der Waals surface area contributed by atoms with Gasteiger partial charge in [0.25, 0.3) is 0 Å². The van der Waals surface area contributed by atoms with Crippen LogP contribution in [-0.4, -0.2) is 6.61 Å². The predicted molar refractivity (Wildman–Crippen MR) is 80.3 cm³/mol. The van der Waals surface area contributed by atoms with Crippen molar-refractivity contribution in [1.29, 1.82) is 0 Å². The number of rotatable bonds is 4. The number of alkyl halides is 3. The molecule has 0 bridgehead atoms. The van der Waals surface area contributed by atoms with E-state index in [2.05, 4.69) is 20.7 Å². The maximum absolute atomic E-state index is 12.2. The van der Waals surface area contributed by atoms with Crippen LogP contribution in [0, 0.1) is 0 Å². The van der Waals surface area contributed by atoms with Crippen LogP contribution >= 0.6 is 39.1 Å². The van der Waals surface area contributed by atoms with Gasteiger partial charge >= 0.3 is 6.61 Å². The van der Waals surface area contributed by atoms with Crippen molar-refractivity contribution in [3.05, 3.63) is 63.6 Å². The Bertz CT molecular complexity index is 607. The highest BCUT2D eigenvalue weighted by Gasteiger charge is 2.15. The quantitative estimate of drug-likeness (QED) is 0.583. The fourth-order valence-corrected chi connectivity index (χ4v) is 3.07. The number of benzene rings is 2. The third kappa shape index (κ3) is 3.84. The molecule has 2 rings (SSSR count). The second-order valence-electron chi connectivity index (χ2n) is 3.98. The molecule has 0 fully saturated rings. The molecule has 0 aliphatic heterocycles. The van der Waals surface area contributed by atoms with Gasteiger partial charge < -0.3 is 4.74 Å². The SMILES string of the molecule is FC(F)Oc1cccc(C(Br)c2ccc(Cl)cc2Cl)c1. The monoisotopic (exact) mass is 380 g/mol. The van der Waals surface area contributed by atoms with Crippen LogP contribution in [0.3, 0.4) is 0 Å². The fraction of sp³-hybridized carbons (Fsp3) is 0.143. The molecule has 0 spiro atoms. The molecule has 0 amide bonds. The van der Waals surface area contributed by atoms with Gasteiger partial charge in [0.1, 0.15) is 5.75 Å². The molecule has 2 aromatic carbocycles. The lowest BCUT2D eigenvalue weighted by Crippen LogP contribution is -2.02. The van der Waals surface area contributed by atoms with Gasteiger partial charge in [-0.3, -0.25) is 0 Å². The number of hydrogen-bond acceptors (Lipinski definition) is 1. The van der Waals surface area contributed by atoms with E-state index >= 15 is 0 Å². The molecule has 106 valence electrons. The highest BCUT2D eigenvalue weighted by molar-refractivity contribution is 9.09. The zero-order valence-corrected chi connectivity index (χ0v) is 13.1. The number of hydrogen-bond donors (Lipinski definition) is 0. The summed E-state index contributed by atoms with van der Waals surface area (Å²) in [5, 5.41) is 1.03. The smallest absolute Gasteiger partial charge is 0.387 e. The van der Waals surface area contributed by atoms with Crippen LogP contribution in [-0.2, 0) is 0 Å². The lowest BCUT2D eigenvalue weighted by Gasteiger charge is -2.14. The summed E-state index contributed by atoms with van der Waals surface area (Å²) in [5.41, 5.74) is 1.55. The summed E-state index contributed by atoms with van der Waals surface area (Å²) in [6.45, 7) is -2.85. The molecular weight excluding hydrogens is 373 g/mol. The molecule has 0 radical (unpaired) electrons. The Balaban J connectivity index is 2.30. The number of halogens is 5. The molecule has 0 saturated carbocycles. The molecule has 1 unspecified atom stereocenters. The summed E-state index contributed by atoms with van der Waals surface area (Å²) in [6.07, 6.45) is 0. The predicted octanol–water partition coefficient (Wildman–Crippen LogP) is 6.08. The van der Waals surface area contributed by atoms with Crippen molar-refractivity contribution in [2.45, 2.75) is 11.4 Å². The first kappa shape index (κ1) is 15.5.